The number of likely N-dealkylation sites (N-methyl/N-ethyl adjacent to an activating group) is 1. The van der Waals surface area contributed by atoms with Crippen molar-refractivity contribution in [1.29, 1.82) is 0 Å². The van der Waals surface area contributed by atoms with Gasteiger partial charge in [0.2, 0.25) is 0 Å². The molecule has 0 saturated carbocycles. The van der Waals surface area contributed by atoms with E-state index in [0.29, 0.717) is 11.3 Å². The molecule has 2 aromatic carbocycles. The van der Waals surface area contributed by atoms with Crippen LogP contribution < -0.4 is 5.32 Å². The van der Waals surface area contributed by atoms with Gasteiger partial charge in [-0.15, -0.1) is 0 Å². The average molecular weight is 301 g/mol. The minimum Gasteiger partial charge on any atom is -0.391 e. The third-order valence-electron chi connectivity index (χ3n) is 3.21. The number of nitrogens with one attached hydrogen (secondary N) is 1. The zero-order valence-corrected chi connectivity index (χ0v) is 12.8. The van der Waals surface area contributed by atoms with Gasteiger partial charge >= 0.3 is 0 Å². The van der Waals surface area contributed by atoms with Crippen LogP contribution in [0.3, 0.4) is 0 Å². The second-order valence-electron chi connectivity index (χ2n) is 4.74. The van der Waals surface area contributed by atoms with Crippen molar-refractivity contribution >= 4 is 9.84 Å². The van der Waals surface area contributed by atoms with E-state index in [9.17, 15) is 8.42 Å². The molecule has 3 nitrogen and oxygen atoms in total. The SMILES string of the molecule is CN/C(=C/CS(=O)(=O)c1ccccc1)Cc1ccccc1. The van der Waals surface area contributed by atoms with Crippen molar-refractivity contribution in [3.63, 3.8) is 0 Å². The van der Waals surface area contributed by atoms with Crippen LogP contribution in [0.25, 0.3) is 0 Å². The van der Waals surface area contributed by atoms with Gasteiger partial charge in [0.15, 0.2) is 9.84 Å². The summed E-state index contributed by atoms with van der Waals surface area (Å²) in [6.45, 7) is 0. The fraction of sp³-hybridized carbons (Fsp3) is 0.176. The maximum Gasteiger partial charge on any atom is 0.181 e. The van der Waals surface area contributed by atoms with E-state index in [4.69, 9.17) is 0 Å². The van der Waals surface area contributed by atoms with Gasteiger partial charge in [0.25, 0.3) is 0 Å². The summed E-state index contributed by atoms with van der Waals surface area (Å²) in [6, 6.07) is 18.5. The van der Waals surface area contributed by atoms with Crippen LogP contribution in [0.5, 0.6) is 0 Å². The number of benzene rings is 2. The van der Waals surface area contributed by atoms with Crippen molar-refractivity contribution in [3.05, 3.63) is 78.0 Å². The monoisotopic (exact) mass is 301 g/mol. The Kier molecular flexibility index (Phi) is 5.17. The van der Waals surface area contributed by atoms with Crippen molar-refractivity contribution in [2.24, 2.45) is 0 Å². The molecule has 0 heterocycles. The predicted molar refractivity (Wildman–Crippen MR) is 85.8 cm³/mol. The number of allylic oxidation sites excluding steroid dienone is 1. The summed E-state index contributed by atoms with van der Waals surface area (Å²) < 4.78 is 24.5. The van der Waals surface area contributed by atoms with Gasteiger partial charge in [-0.25, -0.2) is 8.42 Å². The van der Waals surface area contributed by atoms with Crippen LogP contribution in [0.15, 0.2) is 77.3 Å². The maximum atomic E-state index is 12.2. The minimum absolute atomic E-state index is 0.0000201. The molecular weight excluding hydrogens is 282 g/mol. The van der Waals surface area contributed by atoms with Gasteiger partial charge in [-0.1, -0.05) is 48.5 Å². The molecule has 0 unspecified atom stereocenters. The van der Waals surface area contributed by atoms with Gasteiger partial charge in [0, 0.05) is 19.2 Å². The molecule has 2 rings (SSSR count). The number of hydrogen-bond acceptors (Lipinski definition) is 3. The number of hydrogen-bond donors (Lipinski definition) is 1. The Hall–Kier alpha value is -2.07. The van der Waals surface area contributed by atoms with E-state index in [1.165, 1.54) is 0 Å². The standard InChI is InChI=1S/C17H19NO2S/c1-18-16(14-15-8-4-2-5-9-15)12-13-21(19,20)17-10-6-3-7-11-17/h2-12,18H,13-14H2,1H3/b16-12+. The summed E-state index contributed by atoms with van der Waals surface area (Å²) in [5, 5.41) is 3.07. The van der Waals surface area contributed by atoms with E-state index in [1.54, 1.807) is 30.3 Å². The molecular formula is C17H19NO2S. The van der Waals surface area contributed by atoms with E-state index in [2.05, 4.69) is 5.32 Å². The Morgan fingerprint density at radius 2 is 1.57 bits per heavy atom. The van der Waals surface area contributed by atoms with Crippen LogP contribution >= 0.6 is 0 Å². The van der Waals surface area contributed by atoms with E-state index in [1.807, 2.05) is 43.4 Å². The normalized spacial score (nSPS) is 12.1. The molecule has 21 heavy (non-hydrogen) atoms. The van der Waals surface area contributed by atoms with Crippen LogP contribution in [0.2, 0.25) is 0 Å². The van der Waals surface area contributed by atoms with Gasteiger partial charge < -0.3 is 5.32 Å². The molecule has 0 bridgehead atoms. The lowest BCUT2D eigenvalue weighted by Crippen LogP contribution is -2.12. The molecule has 0 radical (unpaired) electrons. The largest absolute Gasteiger partial charge is 0.391 e. The second kappa shape index (κ2) is 7.09. The second-order valence-corrected chi connectivity index (χ2v) is 6.77. The molecule has 0 aliphatic heterocycles. The molecule has 0 spiro atoms. The molecule has 0 saturated heterocycles. The lowest BCUT2D eigenvalue weighted by molar-refractivity contribution is 0.598. The molecule has 0 amide bonds. The van der Waals surface area contributed by atoms with Crippen molar-refractivity contribution in [2.75, 3.05) is 12.8 Å². The van der Waals surface area contributed by atoms with Crippen LogP contribution in [0.4, 0.5) is 0 Å². The van der Waals surface area contributed by atoms with Crippen LogP contribution in [-0.2, 0) is 16.3 Å². The Bertz CT molecular complexity index is 692. The summed E-state index contributed by atoms with van der Waals surface area (Å²) in [5.74, 6) is 0.0000201. The Morgan fingerprint density at radius 3 is 2.14 bits per heavy atom. The first-order valence-electron chi connectivity index (χ1n) is 6.80. The van der Waals surface area contributed by atoms with Gasteiger partial charge in [0.1, 0.15) is 0 Å². The lowest BCUT2D eigenvalue weighted by atomic mass is 10.1. The zero-order chi connectivity index (χ0) is 15.1. The summed E-state index contributed by atoms with van der Waals surface area (Å²) in [7, 11) is -1.46. The predicted octanol–water partition coefficient (Wildman–Crippen LogP) is 2.81. The molecule has 0 fully saturated rings. The molecule has 0 aromatic heterocycles. The van der Waals surface area contributed by atoms with E-state index in [0.717, 1.165) is 11.3 Å². The maximum absolute atomic E-state index is 12.2. The van der Waals surface area contributed by atoms with Gasteiger partial charge in [-0.3, -0.25) is 0 Å². The fourth-order valence-electron chi connectivity index (χ4n) is 2.01. The van der Waals surface area contributed by atoms with Gasteiger partial charge in [-0.2, -0.15) is 0 Å². The van der Waals surface area contributed by atoms with Crippen molar-refractivity contribution < 1.29 is 8.42 Å². The highest BCUT2D eigenvalue weighted by Crippen LogP contribution is 2.12. The highest BCUT2D eigenvalue weighted by molar-refractivity contribution is 7.91. The fourth-order valence-corrected chi connectivity index (χ4v) is 3.20. The Labute approximate surface area is 126 Å². The minimum atomic E-state index is -3.27. The van der Waals surface area contributed by atoms with Crippen LogP contribution in [0.1, 0.15) is 5.56 Å². The third kappa shape index (κ3) is 4.46. The van der Waals surface area contributed by atoms with E-state index in [-0.39, 0.29) is 5.75 Å². The van der Waals surface area contributed by atoms with Crippen molar-refractivity contribution in [2.45, 2.75) is 11.3 Å². The summed E-state index contributed by atoms with van der Waals surface area (Å²) in [4.78, 5) is 0.358. The highest BCUT2D eigenvalue weighted by atomic mass is 32.2. The van der Waals surface area contributed by atoms with Crippen LogP contribution in [-0.4, -0.2) is 21.2 Å². The van der Waals surface area contributed by atoms with Gasteiger partial charge in [-0.05, 0) is 23.8 Å². The van der Waals surface area contributed by atoms with Gasteiger partial charge in [0.05, 0.1) is 10.6 Å². The molecule has 4 heteroatoms. The molecule has 2 aromatic rings. The van der Waals surface area contributed by atoms with Crippen molar-refractivity contribution in [3.8, 4) is 0 Å². The topological polar surface area (TPSA) is 46.2 Å². The van der Waals surface area contributed by atoms with E-state index >= 15 is 0 Å². The number of sulfone groups is 1. The lowest BCUT2D eigenvalue weighted by Gasteiger charge is -2.08. The molecule has 1 N–H and O–H groups in total. The first-order chi connectivity index (χ1) is 10.1. The molecule has 0 aliphatic rings. The first-order valence-corrected chi connectivity index (χ1v) is 8.45. The summed E-state index contributed by atoms with van der Waals surface area (Å²) in [6.07, 6.45) is 2.44. The first kappa shape index (κ1) is 15.3. The number of rotatable bonds is 6. The highest BCUT2D eigenvalue weighted by Gasteiger charge is 2.12. The molecule has 0 aliphatic carbocycles. The average Bonchev–Trinajstić information content (AvgIpc) is 2.53. The smallest absolute Gasteiger partial charge is 0.181 e. The Balaban J connectivity index is 2.11. The summed E-state index contributed by atoms with van der Waals surface area (Å²) in [5.41, 5.74) is 2.05. The third-order valence-corrected chi connectivity index (χ3v) is 4.81. The quantitative estimate of drug-likeness (QED) is 0.892. The van der Waals surface area contributed by atoms with Crippen LogP contribution in [0, 0.1) is 0 Å². The van der Waals surface area contributed by atoms with Crippen molar-refractivity contribution in [1.82, 2.24) is 5.32 Å². The zero-order valence-electron chi connectivity index (χ0n) is 12.0. The molecule has 110 valence electrons. The summed E-state index contributed by atoms with van der Waals surface area (Å²) >= 11 is 0. The van der Waals surface area contributed by atoms with E-state index < -0.39 is 9.84 Å². The Morgan fingerprint density at radius 1 is 1.00 bits per heavy atom. The molecule has 0 atom stereocenters.